The molecule has 0 aliphatic carbocycles. The van der Waals surface area contributed by atoms with Crippen molar-refractivity contribution < 1.29 is 24.2 Å². The number of hydrogen-bond donors (Lipinski definition) is 4. The van der Waals surface area contributed by atoms with Gasteiger partial charge in [-0.25, -0.2) is 0 Å². The van der Waals surface area contributed by atoms with Crippen molar-refractivity contribution in [1.29, 1.82) is 5.41 Å². The van der Waals surface area contributed by atoms with Crippen LogP contribution in [0, 0.1) is 5.41 Å². The zero-order valence-corrected chi connectivity index (χ0v) is 20.2. The van der Waals surface area contributed by atoms with E-state index in [1.54, 1.807) is 42.3 Å². The Morgan fingerprint density at radius 1 is 1.29 bits per heavy atom. The van der Waals surface area contributed by atoms with E-state index in [1.807, 2.05) is 13.0 Å². The highest BCUT2D eigenvalue weighted by Gasteiger charge is 2.40. The zero-order valence-electron chi connectivity index (χ0n) is 19.4. The molecule has 1 fully saturated rings. The Hall–Kier alpha value is -3.47. The highest BCUT2D eigenvalue weighted by atomic mass is 35.5. The molecule has 10 nitrogen and oxygen atoms in total. The Balaban J connectivity index is 0.00000342. The number of nitrogens with two attached hydrogens (primary N) is 1. The van der Waals surface area contributed by atoms with E-state index in [9.17, 15) is 19.5 Å². The van der Waals surface area contributed by atoms with Crippen molar-refractivity contribution in [2.24, 2.45) is 5.73 Å². The van der Waals surface area contributed by atoms with Crippen molar-refractivity contribution in [3.8, 4) is 0 Å². The number of halogens is 1. The molecule has 4 rings (SSSR count). The third-order valence-corrected chi connectivity index (χ3v) is 6.12. The molecule has 1 saturated heterocycles. The molecule has 0 saturated carbocycles. The molecule has 0 spiro atoms. The Labute approximate surface area is 208 Å². The number of benzene rings is 2. The van der Waals surface area contributed by atoms with Gasteiger partial charge in [0.05, 0.1) is 6.61 Å². The molecule has 35 heavy (non-hydrogen) atoms. The second-order valence-electron chi connectivity index (χ2n) is 8.36. The molecule has 186 valence electrons. The molecule has 0 aromatic heterocycles. The molecule has 0 radical (unpaired) electrons. The Morgan fingerprint density at radius 3 is 2.71 bits per heavy atom. The SMILES string of the molecule is CCc1cc(C(=N)N)ccc1NC(=O)[C@H](O)[C@H]1OCCN(c2ccc3c(c2)C(=O)N(C)C3)C1=O.Cl. The number of fused-ring (bicyclic) bond motifs is 1. The van der Waals surface area contributed by atoms with Crippen molar-refractivity contribution in [1.82, 2.24) is 4.90 Å². The predicted molar refractivity (Wildman–Crippen MR) is 133 cm³/mol. The number of amides is 3. The van der Waals surface area contributed by atoms with E-state index in [0.29, 0.717) is 35.5 Å². The number of carbonyl (C=O) groups excluding carboxylic acids is 3. The van der Waals surface area contributed by atoms with Crippen molar-refractivity contribution in [2.45, 2.75) is 32.1 Å². The number of aryl methyl sites for hydroxylation is 1. The van der Waals surface area contributed by atoms with Crippen molar-refractivity contribution in [3.63, 3.8) is 0 Å². The van der Waals surface area contributed by atoms with Crippen LogP contribution in [0.2, 0.25) is 0 Å². The van der Waals surface area contributed by atoms with Gasteiger partial charge in [-0.2, -0.15) is 0 Å². The number of amidine groups is 1. The molecule has 2 aromatic carbocycles. The number of aliphatic hydroxyl groups is 1. The van der Waals surface area contributed by atoms with Crippen LogP contribution >= 0.6 is 12.4 Å². The number of morpholine rings is 1. The quantitative estimate of drug-likeness (QED) is 0.346. The highest BCUT2D eigenvalue weighted by Crippen LogP contribution is 2.28. The third kappa shape index (κ3) is 5.00. The van der Waals surface area contributed by atoms with E-state index in [-0.39, 0.29) is 37.3 Å². The van der Waals surface area contributed by atoms with Gasteiger partial charge in [-0.05, 0) is 47.9 Å². The van der Waals surface area contributed by atoms with E-state index < -0.39 is 24.0 Å². The van der Waals surface area contributed by atoms with Crippen LogP contribution in [0.1, 0.15) is 34.0 Å². The summed E-state index contributed by atoms with van der Waals surface area (Å²) < 4.78 is 5.48. The van der Waals surface area contributed by atoms with Gasteiger partial charge < -0.3 is 30.7 Å². The highest BCUT2D eigenvalue weighted by molar-refractivity contribution is 6.05. The molecule has 0 unspecified atom stereocenters. The van der Waals surface area contributed by atoms with Gasteiger partial charge in [0.15, 0.2) is 12.2 Å². The lowest BCUT2D eigenvalue weighted by molar-refractivity contribution is -0.150. The summed E-state index contributed by atoms with van der Waals surface area (Å²) in [6, 6.07) is 10.1. The maximum Gasteiger partial charge on any atom is 0.259 e. The fourth-order valence-electron chi connectivity index (χ4n) is 4.21. The molecule has 3 amide bonds. The molecule has 5 N–H and O–H groups in total. The molecular weight excluding hydrogens is 474 g/mol. The molecule has 2 heterocycles. The Bertz CT molecular complexity index is 1190. The smallest absolute Gasteiger partial charge is 0.259 e. The first-order valence-corrected chi connectivity index (χ1v) is 11.0. The third-order valence-electron chi connectivity index (χ3n) is 6.12. The van der Waals surface area contributed by atoms with Gasteiger partial charge in [0.2, 0.25) is 0 Å². The second kappa shape index (κ2) is 10.4. The molecule has 11 heteroatoms. The van der Waals surface area contributed by atoms with E-state index in [1.165, 1.54) is 4.90 Å². The summed E-state index contributed by atoms with van der Waals surface area (Å²) in [5, 5.41) is 20.9. The van der Waals surface area contributed by atoms with Gasteiger partial charge in [0, 0.05) is 42.6 Å². The lowest BCUT2D eigenvalue weighted by atomic mass is 10.0. The predicted octanol–water partition coefficient (Wildman–Crippen LogP) is 1.27. The first-order chi connectivity index (χ1) is 16.2. The number of ether oxygens (including phenoxy) is 1. The minimum absolute atomic E-state index is 0. The number of rotatable bonds is 6. The molecular formula is C24H28ClN5O5. The average Bonchev–Trinajstić information content (AvgIpc) is 3.11. The fraction of sp³-hybridized carbons (Fsp3) is 0.333. The van der Waals surface area contributed by atoms with Crippen LogP contribution in [-0.2, 0) is 27.3 Å². The van der Waals surface area contributed by atoms with Gasteiger partial charge in [0.1, 0.15) is 5.84 Å². The number of carbonyl (C=O) groups is 3. The van der Waals surface area contributed by atoms with Gasteiger partial charge in [-0.3, -0.25) is 19.8 Å². The number of nitrogens with zero attached hydrogens (tertiary/aromatic N) is 2. The number of hydrogen-bond acceptors (Lipinski definition) is 6. The molecule has 2 aliphatic heterocycles. The first-order valence-electron chi connectivity index (χ1n) is 11.0. The maximum absolute atomic E-state index is 13.1. The van der Waals surface area contributed by atoms with Crippen LogP contribution in [0.25, 0.3) is 0 Å². The van der Waals surface area contributed by atoms with Crippen molar-refractivity contribution >= 4 is 47.3 Å². The Kier molecular flexibility index (Phi) is 7.79. The van der Waals surface area contributed by atoms with Crippen LogP contribution in [0.15, 0.2) is 36.4 Å². The lowest BCUT2D eigenvalue weighted by Crippen LogP contribution is -2.55. The van der Waals surface area contributed by atoms with Crippen molar-refractivity contribution in [3.05, 3.63) is 58.7 Å². The van der Waals surface area contributed by atoms with Crippen LogP contribution < -0.4 is 16.0 Å². The fourth-order valence-corrected chi connectivity index (χ4v) is 4.21. The zero-order chi connectivity index (χ0) is 24.6. The summed E-state index contributed by atoms with van der Waals surface area (Å²) in [6.07, 6.45) is -2.57. The van der Waals surface area contributed by atoms with E-state index in [0.717, 1.165) is 11.1 Å². The second-order valence-corrected chi connectivity index (χ2v) is 8.36. The standard InChI is InChI=1S/C24H27N5O5.ClH/c1-3-13-10-14(21(25)26)5-7-18(13)27-22(31)19(30)20-24(33)29(8-9-34-20)16-6-4-15-12-28(2)23(32)17(15)11-16;/h4-7,10-11,19-20,30H,3,8-9,12H2,1-2H3,(H3,25,26)(H,27,31);1H/t19-,20-;/m1./s1. The summed E-state index contributed by atoms with van der Waals surface area (Å²) in [5.41, 5.74) is 9.18. The largest absolute Gasteiger partial charge is 0.384 e. The van der Waals surface area contributed by atoms with Gasteiger partial charge in [-0.1, -0.05) is 13.0 Å². The summed E-state index contributed by atoms with van der Waals surface area (Å²) in [4.78, 5) is 41.3. The van der Waals surface area contributed by atoms with Gasteiger partial charge in [-0.15, -0.1) is 12.4 Å². The summed E-state index contributed by atoms with van der Waals surface area (Å²) in [7, 11) is 1.71. The molecule has 2 atom stereocenters. The lowest BCUT2D eigenvalue weighted by Gasteiger charge is -2.34. The maximum atomic E-state index is 13.1. The minimum atomic E-state index is -1.74. The van der Waals surface area contributed by atoms with E-state index >= 15 is 0 Å². The van der Waals surface area contributed by atoms with Crippen LogP contribution in [0.4, 0.5) is 11.4 Å². The van der Waals surface area contributed by atoms with E-state index in [4.69, 9.17) is 15.9 Å². The average molecular weight is 502 g/mol. The number of nitrogens with one attached hydrogen (secondary N) is 2. The summed E-state index contributed by atoms with van der Waals surface area (Å²) in [5.74, 6) is -1.55. The first kappa shape index (κ1) is 26.1. The van der Waals surface area contributed by atoms with Crippen LogP contribution in [0.3, 0.4) is 0 Å². The number of aliphatic hydroxyl groups excluding tert-OH is 1. The van der Waals surface area contributed by atoms with Crippen LogP contribution in [0.5, 0.6) is 0 Å². The van der Waals surface area contributed by atoms with Crippen LogP contribution in [-0.4, -0.2) is 66.0 Å². The topological polar surface area (TPSA) is 149 Å². The molecule has 2 aromatic rings. The summed E-state index contributed by atoms with van der Waals surface area (Å²) in [6.45, 7) is 2.76. The van der Waals surface area contributed by atoms with Gasteiger partial charge in [0.25, 0.3) is 17.7 Å². The van der Waals surface area contributed by atoms with Gasteiger partial charge >= 0.3 is 0 Å². The monoisotopic (exact) mass is 501 g/mol. The number of nitrogen functional groups attached to an aromatic ring is 1. The Morgan fingerprint density at radius 2 is 2.03 bits per heavy atom. The molecule has 2 aliphatic rings. The minimum Gasteiger partial charge on any atom is -0.384 e. The summed E-state index contributed by atoms with van der Waals surface area (Å²) >= 11 is 0. The van der Waals surface area contributed by atoms with E-state index in [2.05, 4.69) is 5.32 Å². The van der Waals surface area contributed by atoms with Crippen molar-refractivity contribution in [2.75, 3.05) is 30.4 Å². The normalized spacial score (nSPS) is 18.1. The molecule has 0 bridgehead atoms. The number of anilines is 2.